The van der Waals surface area contributed by atoms with Crippen molar-refractivity contribution in [2.75, 3.05) is 19.8 Å². The molecule has 1 aromatic carbocycles. The first-order valence-electron chi connectivity index (χ1n) is 7.40. The number of nitrogens with one attached hydrogen (secondary N) is 1. The van der Waals surface area contributed by atoms with Crippen LogP contribution in [-0.4, -0.2) is 24.9 Å². The maximum atomic E-state index is 8.72. The summed E-state index contributed by atoms with van der Waals surface area (Å²) in [6.45, 7) is 4.61. The van der Waals surface area contributed by atoms with E-state index in [-0.39, 0.29) is 6.61 Å². The van der Waals surface area contributed by atoms with Crippen molar-refractivity contribution in [2.24, 2.45) is 0 Å². The third-order valence-electron chi connectivity index (χ3n) is 3.03. The number of rotatable bonds is 11. The number of aliphatic hydroxyl groups is 1. The molecular formula is C16H27NO2. The van der Waals surface area contributed by atoms with E-state index >= 15 is 0 Å². The van der Waals surface area contributed by atoms with Gasteiger partial charge in [-0.1, -0.05) is 44.7 Å². The van der Waals surface area contributed by atoms with Crippen molar-refractivity contribution in [1.82, 2.24) is 5.32 Å². The molecule has 108 valence electrons. The van der Waals surface area contributed by atoms with Gasteiger partial charge in [-0.15, -0.1) is 0 Å². The highest BCUT2D eigenvalue weighted by Gasteiger charge is 1.97. The summed E-state index contributed by atoms with van der Waals surface area (Å²) in [6.07, 6.45) is 6.30. The lowest BCUT2D eigenvalue weighted by Crippen LogP contribution is -2.17. The van der Waals surface area contributed by atoms with E-state index in [9.17, 15) is 0 Å². The van der Waals surface area contributed by atoms with E-state index in [0.717, 1.165) is 25.3 Å². The third kappa shape index (κ3) is 7.85. The van der Waals surface area contributed by atoms with Crippen molar-refractivity contribution in [1.29, 1.82) is 0 Å². The Labute approximate surface area is 117 Å². The van der Waals surface area contributed by atoms with Crippen LogP contribution >= 0.6 is 0 Å². The summed E-state index contributed by atoms with van der Waals surface area (Å²) in [5.41, 5.74) is 1.19. The second-order valence-electron chi connectivity index (χ2n) is 4.81. The van der Waals surface area contributed by atoms with Gasteiger partial charge in [-0.25, -0.2) is 0 Å². The molecule has 1 rings (SSSR count). The van der Waals surface area contributed by atoms with Gasteiger partial charge < -0.3 is 15.2 Å². The molecule has 0 unspecified atom stereocenters. The second kappa shape index (κ2) is 10.8. The topological polar surface area (TPSA) is 41.5 Å². The molecule has 0 aliphatic rings. The first-order valence-corrected chi connectivity index (χ1v) is 7.40. The molecule has 0 heterocycles. The Balaban J connectivity index is 2.20. The van der Waals surface area contributed by atoms with Crippen LogP contribution in [0.15, 0.2) is 24.3 Å². The molecule has 1 aromatic rings. The van der Waals surface area contributed by atoms with Crippen molar-refractivity contribution in [3.8, 4) is 5.75 Å². The molecule has 0 aliphatic heterocycles. The van der Waals surface area contributed by atoms with Gasteiger partial charge in [0.05, 0.1) is 13.2 Å². The SMILES string of the molecule is CCCCCCCOc1cccc(CNCCO)c1. The predicted octanol–water partition coefficient (Wildman–Crippen LogP) is 3.12. The molecule has 0 saturated carbocycles. The smallest absolute Gasteiger partial charge is 0.119 e. The minimum atomic E-state index is 0.175. The quantitative estimate of drug-likeness (QED) is 0.604. The molecule has 0 aliphatic carbocycles. The van der Waals surface area contributed by atoms with Gasteiger partial charge in [0.1, 0.15) is 5.75 Å². The zero-order valence-corrected chi connectivity index (χ0v) is 12.0. The Morgan fingerprint density at radius 2 is 2.00 bits per heavy atom. The molecule has 0 radical (unpaired) electrons. The van der Waals surface area contributed by atoms with Gasteiger partial charge in [-0.05, 0) is 24.1 Å². The Morgan fingerprint density at radius 3 is 2.79 bits per heavy atom. The van der Waals surface area contributed by atoms with E-state index in [1.807, 2.05) is 12.1 Å². The Kier molecular flexibility index (Phi) is 9.11. The number of unbranched alkanes of at least 4 members (excludes halogenated alkanes) is 4. The number of hydrogen-bond donors (Lipinski definition) is 2. The van der Waals surface area contributed by atoms with Crippen LogP contribution in [0.25, 0.3) is 0 Å². The zero-order valence-electron chi connectivity index (χ0n) is 12.0. The second-order valence-corrected chi connectivity index (χ2v) is 4.81. The van der Waals surface area contributed by atoms with E-state index in [1.54, 1.807) is 0 Å². The van der Waals surface area contributed by atoms with Gasteiger partial charge in [0.15, 0.2) is 0 Å². The highest BCUT2D eigenvalue weighted by Crippen LogP contribution is 2.14. The highest BCUT2D eigenvalue weighted by atomic mass is 16.5. The van der Waals surface area contributed by atoms with E-state index in [0.29, 0.717) is 6.54 Å². The first-order chi connectivity index (χ1) is 9.36. The number of aliphatic hydroxyl groups excluding tert-OH is 1. The highest BCUT2D eigenvalue weighted by molar-refractivity contribution is 5.28. The lowest BCUT2D eigenvalue weighted by Gasteiger charge is -2.08. The van der Waals surface area contributed by atoms with E-state index in [1.165, 1.54) is 31.2 Å². The van der Waals surface area contributed by atoms with Gasteiger partial charge in [0.2, 0.25) is 0 Å². The summed E-state index contributed by atoms with van der Waals surface area (Å²) < 4.78 is 5.76. The van der Waals surface area contributed by atoms with Crippen molar-refractivity contribution in [2.45, 2.75) is 45.6 Å². The van der Waals surface area contributed by atoms with Crippen molar-refractivity contribution >= 4 is 0 Å². The fourth-order valence-corrected chi connectivity index (χ4v) is 1.95. The van der Waals surface area contributed by atoms with Gasteiger partial charge in [-0.2, -0.15) is 0 Å². The van der Waals surface area contributed by atoms with Crippen molar-refractivity contribution in [3.05, 3.63) is 29.8 Å². The fourth-order valence-electron chi connectivity index (χ4n) is 1.95. The third-order valence-corrected chi connectivity index (χ3v) is 3.03. The van der Waals surface area contributed by atoms with Gasteiger partial charge in [0, 0.05) is 13.1 Å². The minimum Gasteiger partial charge on any atom is -0.494 e. The lowest BCUT2D eigenvalue weighted by atomic mass is 10.2. The lowest BCUT2D eigenvalue weighted by molar-refractivity contribution is 0.291. The molecule has 0 saturated heterocycles. The minimum absolute atomic E-state index is 0.175. The Hall–Kier alpha value is -1.06. The molecule has 0 bridgehead atoms. The molecular weight excluding hydrogens is 238 g/mol. The van der Waals surface area contributed by atoms with Crippen LogP contribution in [0.5, 0.6) is 5.75 Å². The van der Waals surface area contributed by atoms with Crippen LogP contribution in [0, 0.1) is 0 Å². The number of benzene rings is 1. The summed E-state index contributed by atoms with van der Waals surface area (Å²) >= 11 is 0. The van der Waals surface area contributed by atoms with Crippen LogP contribution in [0.4, 0.5) is 0 Å². The van der Waals surface area contributed by atoms with Crippen molar-refractivity contribution < 1.29 is 9.84 Å². The van der Waals surface area contributed by atoms with Gasteiger partial charge in [0.25, 0.3) is 0 Å². The molecule has 19 heavy (non-hydrogen) atoms. The van der Waals surface area contributed by atoms with E-state index in [2.05, 4.69) is 24.4 Å². The van der Waals surface area contributed by atoms with Gasteiger partial charge in [-0.3, -0.25) is 0 Å². The Morgan fingerprint density at radius 1 is 1.16 bits per heavy atom. The van der Waals surface area contributed by atoms with Gasteiger partial charge >= 0.3 is 0 Å². The molecule has 3 heteroatoms. The van der Waals surface area contributed by atoms with Crippen LogP contribution in [0.2, 0.25) is 0 Å². The Bertz CT molecular complexity index is 328. The summed E-state index contributed by atoms with van der Waals surface area (Å²) in [7, 11) is 0. The molecule has 3 nitrogen and oxygen atoms in total. The van der Waals surface area contributed by atoms with Crippen LogP contribution in [0.3, 0.4) is 0 Å². The monoisotopic (exact) mass is 265 g/mol. The summed E-state index contributed by atoms with van der Waals surface area (Å²) in [6, 6.07) is 8.15. The van der Waals surface area contributed by atoms with Crippen molar-refractivity contribution in [3.63, 3.8) is 0 Å². The van der Waals surface area contributed by atoms with Crippen LogP contribution < -0.4 is 10.1 Å². The number of ether oxygens (including phenoxy) is 1. The van der Waals surface area contributed by atoms with E-state index in [4.69, 9.17) is 9.84 Å². The number of hydrogen-bond acceptors (Lipinski definition) is 3. The van der Waals surface area contributed by atoms with Crippen LogP contribution in [0.1, 0.15) is 44.6 Å². The molecule has 0 aromatic heterocycles. The van der Waals surface area contributed by atoms with Crippen LogP contribution in [-0.2, 0) is 6.54 Å². The largest absolute Gasteiger partial charge is 0.494 e. The molecule has 0 amide bonds. The molecule has 0 spiro atoms. The summed E-state index contributed by atoms with van der Waals surface area (Å²) in [5, 5.41) is 11.9. The standard InChI is InChI=1S/C16H27NO2/c1-2-3-4-5-6-12-19-16-9-7-8-15(13-16)14-17-10-11-18/h7-9,13,17-18H,2-6,10-12,14H2,1H3. The summed E-state index contributed by atoms with van der Waals surface area (Å²) in [5.74, 6) is 0.943. The maximum Gasteiger partial charge on any atom is 0.119 e. The molecule has 0 fully saturated rings. The average Bonchev–Trinajstić information content (AvgIpc) is 2.43. The zero-order chi connectivity index (χ0) is 13.8. The normalized spacial score (nSPS) is 10.6. The summed E-state index contributed by atoms with van der Waals surface area (Å²) in [4.78, 5) is 0. The molecule has 0 atom stereocenters. The fraction of sp³-hybridized carbons (Fsp3) is 0.625. The predicted molar refractivity (Wildman–Crippen MR) is 79.5 cm³/mol. The van der Waals surface area contributed by atoms with E-state index < -0.39 is 0 Å². The maximum absolute atomic E-state index is 8.72. The molecule has 2 N–H and O–H groups in total. The first kappa shape index (κ1) is 16.0. The average molecular weight is 265 g/mol.